The first-order chi connectivity index (χ1) is 5.47. The van der Waals surface area contributed by atoms with Crippen molar-refractivity contribution in [3.05, 3.63) is 0 Å². The van der Waals surface area contributed by atoms with Gasteiger partial charge in [0.2, 0.25) is 0 Å². The summed E-state index contributed by atoms with van der Waals surface area (Å²) in [5.74, 6) is 0. The highest BCUT2D eigenvalue weighted by Gasteiger charge is 2.69. The first-order valence-electron chi connectivity index (χ1n) is 4.48. The maximum absolute atomic E-state index is 9.82. The Labute approximate surface area is 73.0 Å². The molecule has 0 aromatic rings. The van der Waals surface area contributed by atoms with Gasteiger partial charge >= 0.3 is 0 Å². The normalized spacial score (nSPS) is 38.2. The molecule has 1 aliphatic carbocycles. The molecule has 0 aromatic heterocycles. The summed E-state index contributed by atoms with van der Waals surface area (Å²) in [6, 6.07) is 0. The first-order valence-corrected chi connectivity index (χ1v) is 4.48. The van der Waals surface area contributed by atoms with Crippen molar-refractivity contribution >= 4 is 0 Å². The molecule has 0 saturated heterocycles. The monoisotopic (exact) mass is 174 g/mol. The van der Waals surface area contributed by atoms with Crippen molar-refractivity contribution in [1.29, 1.82) is 0 Å². The third kappa shape index (κ3) is 1.26. The SMILES string of the molecule is CC1(C)C(O)C1(O)CCCCO. The molecule has 3 nitrogen and oxygen atoms in total. The molecule has 0 radical (unpaired) electrons. The van der Waals surface area contributed by atoms with E-state index in [2.05, 4.69) is 0 Å². The predicted octanol–water partition coefficient (Wildman–Crippen LogP) is 0.281. The molecule has 1 aliphatic rings. The Bertz CT molecular complexity index is 167. The third-order valence-electron chi connectivity index (χ3n) is 3.13. The van der Waals surface area contributed by atoms with Gasteiger partial charge in [-0.25, -0.2) is 0 Å². The van der Waals surface area contributed by atoms with Crippen LogP contribution in [0.1, 0.15) is 33.1 Å². The molecule has 0 aromatic carbocycles. The second-order valence-corrected chi connectivity index (χ2v) is 4.23. The Morgan fingerprint density at radius 1 is 1.25 bits per heavy atom. The van der Waals surface area contributed by atoms with E-state index in [0.29, 0.717) is 12.8 Å². The Morgan fingerprint density at radius 3 is 2.08 bits per heavy atom. The van der Waals surface area contributed by atoms with E-state index in [9.17, 15) is 10.2 Å². The van der Waals surface area contributed by atoms with E-state index in [1.54, 1.807) is 0 Å². The van der Waals surface area contributed by atoms with Gasteiger partial charge in [0.05, 0.1) is 11.7 Å². The second kappa shape index (κ2) is 2.98. The molecule has 1 rings (SSSR count). The minimum absolute atomic E-state index is 0.159. The average molecular weight is 174 g/mol. The molecule has 2 atom stereocenters. The van der Waals surface area contributed by atoms with Crippen molar-refractivity contribution in [2.24, 2.45) is 5.41 Å². The van der Waals surface area contributed by atoms with Crippen LogP contribution in [0.25, 0.3) is 0 Å². The standard InChI is InChI=1S/C9H18O3/c1-8(2)7(11)9(8,12)5-3-4-6-10/h7,10-12H,3-6H2,1-2H3. The summed E-state index contributed by atoms with van der Waals surface area (Å²) in [7, 11) is 0. The Balaban J connectivity index is 2.34. The van der Waals surface area contributed by atoms with Gasteiger partial charge in [-0.05, 0) is 19.3 Å². The fourth-order valence-corrected chi connectivity index (χ4v) is 1.77. The number of aliphatic hydroxyl groups excluding tert-OH is 2. The van der Waals surface area contributed by atoms with Crippen molar-refractivity contribution in [2.75, 3.05) is 6.61 Å². The van der Waals surface area contributed by atoms with E-state index in [0.717, 1.165) is 6.42 Å². The number of rotatable bonds is 4. The van der Waals surface area contributed by atoms with Gasteiger partial charge in [0.15, 0.2) is 0 Å². The van der Waals surface area contributed by atoms with E-state index in [4.69, 9.17) is 5.11 Å². The minimum Gasteiger partial charge on any atom is -0.396 e. The van der Waals surface area contributed by atoms with E-state index in [-0.39, 0.29) is 12.0 Å². The van der Waals surface area contributed by atoms with E-state index in [1.165, 1.54) is 0 Å². The largest absolute Gasteiger partial charge is 0.396 e. The zero-order chi connectivity index (χ0) is 9.41. The lowest BCUT2D eigenvalue weighted by Gasteiger charge is -2.11. The van der Waals surface area contributed by atoms with Crippen molar-refractivity contribution in [3.63, 3.8) is 0 Å². The third-order valence-corrected chi connectivity index (χ3v) is 3.13. The van der Waals surface area contributed by atoms with Crippen LogP contribution in [0.5, 0.6) is 0 Å². The molecule has 0 heterocycles. The summed E-state index contributed by atoms with van der Waals surface area (Å²) >= 11 is 0. The van der Waals surface area contributed by atoms with Crippen molar-refractivity contribution in [2.45, 2.75) is 44.8 Å². The Kier molecular flexibility index (Phi) is 2.47. The van der Waals surface area contributed by atoms with Crippen molar-refractivity contribution < 1.29 is 15.3 Å². The van der Waals surface area contributed by atoms with Gasteiger partial charge in [0.1, 0.15) is 0 Å². The highest BCUT2D eigenvalue weighted by atomic mass is 16.4. The topological polar surface area (TPSA) is 60.7 Å². The zero-order valence-corrected chi connectivity index (χ0v) is 7.75. The van der Waals surface area contributed by atoms with Gasteiger partial charge in [0, 0.05) is 12.0 Å². The summed E-state index contributed by atoms with van der Waals surface area (Å²) < 4.78 is 0. The smallest absolute Gasteiger partial charge is 0.0988 e. The fourth-order valence-electron chi connectivity index (χ4n) is 1.77. The Morgan fingerprint density at radius 2 is 1.75 bits per heavy atom. The quantitative estimate of drug-likeness (QED) is 0.536. The molecule has 1 saturated carbocycles. The molecule has 2 unspecified atom stereocenters. The Hall–Kier alpha value is -0.120. The van der Waals surface area contributed by atoms with E-state index < -0.39 is 11.7 Å². The maximum Gasteiger partial charge on any atom is 0.0988 e. The van der Waals surface area contributed by atoms with Crippen LogP contribution in [-0.2, 0) is 0 Å². The molecule has 1 fully saturated rings. The molecule has 72 valence electrons. The van der Waals surface area contributed by atoms with Gasteiger partial charge in [-0.1, -0.05) is 13.8 Å². The second-order valence-electron chi connectivity index (χ2n) is 4.23. The molecule has 0 spiro atoms. The summed E-state index contributed by atoms with van der Waals surface area (Å²) in [4.78, 5) is 0. The lowest BCUT2D eigenvalue weighted by atomic mass is 10.0. The number of unbranched alkanes of at least 4 members (excludes halogenated alkanes) is 1. The van der Waals surface area contributed by atoms with Crippen LogP contribution >= 0.6 is 0 Å². The van der Waals surface area contributed by atoms with Crippen molar-refractivity contribution in [1.82, 2.24) is 0 Å². The van der Waals surface area contributed by atoms with Crippen LogP contribution in [0.2, 0.25) is 0 Å². The predicted molar refractivity (Wildman–Crippen MR) is 45.7 cm³/mol. The molecule has 3 heteroatoms. The summed E-state index contributed by atoms with van der Waals surface area (Å²) in [5.41, 5.74) is -1.26. The maximum atomic E-state index is 9.82. The zero-order valence-electron chi connectivity index (χ0n) is 7.75. The van der Waals surface area contributed by atoms with Gasteiger partial charge in [-0.3, -0.25) is 0 Å². The molecular formula is C9H18O3. The van der Waals surface area contributed by atoms with Crippen LogP contribution in [-0.4, -0.2) is 33.6 Å². The van der Waals surface area contributed by atoms with Gasteiger partial charge in [-0.2, -0.15) is 0 Å². The van der Waals surface area contributed by atoms with Crippen LogP contribution < -0.4 is 0 Å². The summed E-state index contributed by atoms with van der Waals surface area (Å²) in [6.07, 6.45) is 1.46. The van der Waals surface area contributed by atoms with Crippen LogP contribution in [0.3, 0.4) is 0 Å². The molecular weight excluding hydrogens is 156 g/mol. The summed E-state index contributed by atoms with van der Waals surface area (Å²) in [5, 5.41) is 27.8. The van der Waals surface area contributed by atoms with Gasteiger partial charge < -0.3 is 15.3 Å². The molecule has 0 amide bonds. The van der Waals surface area contributed by atoms with Gasteiger partial charge in [0.25, 0.3) is 0 Å². The first kappa shape index (κ1) is 9.96. The van der Waals surface area contributed by atoms with E-state index in [1.807, 2.05) is 13.8 Å². The van der Waals surface area contributed by atoms with E-state index >= 15 is 0 Å². The summed E-state index contributed by atoms with van der Waals surface area (Å²) in [6.45, 7) is 3.87. The molecule has 0 aliphatic heterocycles. The molecule has 12 heavy (non-hydrogen) atoms. The molecule has 0 bridgehead atoms. The highest BCUT2D eigenvalue weighted by molar-refractivity contribution is 5.20. The molecule has 3 N–H and O–H groups in total. The van der Waals surface area contributed by atoms with Gasteiger partial charge in [-0.15, -0.1) is 0 Å². The number of aliphatic hydroxyl groups is 3. The lowest BCUT2D eigenvalue weighted by Crippen LogP contribution is -2.17. The average Bonchev–Trinajstić information content (AvgIpc) is 2.36. The van der Waals surface area contributed by atoms with Crippen LogP contribution in [0, 0.1) is 5.41 Å². The highest BCUT2D eigenvalue weighted by Crippen LogP contribution is 2.58. The number of hydrogen-bond acceptors (Lipinski definition) is 3. The minimum atomic E-state index is -0.901. The number of hydrogen-bond donors (Lipinski definition) is 3. The van der Waals surface area contributed by atoms with Crippen molar-refractivity contribution in [3.8, 4) is 0 Å². The lowest BCUT2D eigenvalue weighted by molar-refractivity contribution is 0.0649. The van der Waals surface area contributed by atoms with Crippen LogP contribution in [0.4, 0.5) is 0 Å². The fraction of sp³-hybridized carbons (Fsp3) is 1.00. The van der Waals surface area contributed by atoms with Crippen LogP contribution in [0.15, 0.2) is 0 Å².